The maximum Gasteiger partial charge on any atom is 0.337 e. The van der Waals surface area contributed by atoms with E-state index in [-0.39, 0.29) is 5.97 Å². The lowest BCUT2D eigenvalue weighted by Gasteiger charge is -2.15. The molecule has 1 unspecified atom stereocenters. The van der Waals surface area contributed by atoms with Gasteiger partial charge in [0.1, 0.15) is 0 Å². The van der Waals surface area contributed by atoms with Crippen LogP contribution in [-0.4, -0.2) is 13.1 Å². The first-order valence-corrected chi connectivity index (χ1v) is 7.41. The monoisotopic (exact) mass is 262 g/mol. The van der Waals surface area contributed by atoms with E-state index in [4.69, 9.17) is 4.74 Å². The Bertz CT molecular complexity index is 367. The molecule has 1 rings (SSSR count). The van der Waals surface area contributed by atoms with Crippen molar-refractivity contribution in [3.05, 3.63) is 35.4 Å². The maximum atomic E-state index is 11.4. The van der Waals surface area contributed by atoms with Crippen LogP contribution in [0, 0.1) is 0 Å². The molecule has 19 heavy (non-hydrogen) atoms. The van der Waals surface area contributed by atoms with Crippen LogP contribution in [0.25, 0.3) is 0 Å². The molecule has 0 radical (unpaired) electrons. The number of esters is 1. The molecule has 1 aromatic carbocycles. The molecule has 0 saturated heterocycles. The molecule has 0 bridgehead atoms. The zero-order chi connectivity index (χ0) is 14.1. The Balaban J connectivity index is 2.58. The zero-order valence-corrected chi connectivity index (χ0v) is 12.4. The van der Waals surface area contributed by atoms with Crippen molar-refractivity contribution < 1.29 is 9.53 Å². The third-order valence-electron chi connectivity index (χ3n) is 3.70. The van der Waals surface area contributed by atoms with Gasteiger partial charge in [0, 0.05) is 0 Å². The number of carbonyl (C=O) groups excluding carboxylic acids is 1. The second-order valence-corrected chi connectivity index (χ2v) is 5.07. The maximum absolute atomic E-state index is 11.4. The van der Waals surface area contributed by atoms with E-state index >= 15 is 0 Å². The Labute approximate surface area is 117 Å². The normalized spacial score (nSPS) is 12.2. The highest BCUT2D eigenvalue weighted by Crippen LogP contribution is 2.26. The summed E-state index contributed by atoms with van der Waals surface area (Å²) in [5.74, 6) is 0.353. The van der Waals surface area contributed by atoms with Gasteiger partial charge in [0.05, 0.1) is 12.7 Å². The molecule has 1 atom stereocenters. The summed E-state index contributed by atoms with van der Waals surface area (Å²) in [5.41, 5.74) is 1.97. The summed E-state index contributed by atoms with van der Waals surface area (Å²) in [4.78, 5) is 11.4. The van der Waals surface area contributed by atoms with Crippen LogP contribution in [0.15, 0.2) is 24.3 Å². The van der Waals surface area contributed by atoms with Crippen LogP contribution < -0.4 is 0 Å². The molecule has 0 heterocycles. The molecule has 0 saturated carbocycles. The van der Waals surface area contributed by atoms with Gasteiger partial charge in [0.15, 0.2) is 0 Å². The summed E-state index contributed by atoms with van der Waals surface area (Å²) in [7, 11) is 1.42. The summed E-state index contributed by atoms with van der Waals surface area (Å²) in [5, 5.41) is 0. The Hall–Kier alpha value is -1.31. The molecular weight excluding hydrogens is 236 g/mol. The van der Waals surface area contributed by atoms with Crippen molar-refractivity contribution >= 4 is 5.97 Å². The van der Waals surface area contributed by atoms with Gasteiger partial charge in [0.25, 0.3) is 0 Å². The van der Waals surface area contributed by atoms with Crippen LogP contribution in [0.2, 0.25) is 0 Å². The average molecular weight is 262 g/mol. The van der Waals surface area contributed by atoms with Gasteiger partial charge in [-0.25, -0.2) is 4.79 Å². The van der Waals surface area contributed by atoms with E-state index in [9.17, 15) is 4.79 Å². The van der Waals surface area contributed by atoms with Gasteiger partial charge in [-0.15, -0.1) is 0 Å². The Morgan fingerprint density at radius 3 is 2.32 bits per heavy atom. The van der Waals surface area contributed by atoms with E-state index in [0.29, 0.717) is 11.5 Å². The lowest BCUT2D eigenvalue weighted by molar-refractivity contribution is 0.0600. The van der Waals surface area contributed by atoms with Gasteiger partial charge in [-0.1, -0.05) is 51.7 Å². The van der Waals surface area contributed by atoms with Gasteiger partial charge in [-0.05, 0) is 36.5 Å². The molecule has 0 aliphatic carbocycles. The van der Waals surface area contributed by atoms with Crippen LogP contribution in [0.1, 0.15) is 74.2 Å². The Kier molecular flexibility index (Phi) is 7.24. The van der Waals surface area contributed by atoms with Gasteiger partial charge in [-0.3, -0.25) is 0 Å². The SMILES string of the molecule is CCCCCCC(CC)c1ccc(C(=O)OC)cc1. The first-order valence-electron chi connectivity index (χ1n) is 7.41. The highest BCUT2D eigenvalue weighted by atomic mass is 16.5. The van der Waals surface area contributed by atoms with Gasteiger partial charge < -0.3 is 4.74 Å². The number of hydrogen-bond donors (Lipinski definition) is 0. The largest absolute Gasteiger partial charge is 0.465 e. The van der Waals surface area contributed by atoms with Crippen LogP contribution in [0.3, 0.4) is 0 Å². The first kappa shape index (κ1) is 15.7. The molecule has 0 fully saturated rings. The van der Waals surface area contributed by atoms with E-state index < -0.39 is 0 Å². The van der Waals surface area contributed by atoms with Crippen molar-refractivity contribution in [2.75, 3.05) is 7.11 Å². The summed E-state index contributed by atoms with van der Waals surface area (Å²) in [6.07, 6.45) is 7.64. The number of unbranched alkanes of at least 4 members (excludes halogenated alkanes) is 3. The molecule has 0 spiro atoms. The number of benzene rings is 1. The van der Waals surface area contributed by atoms with Crippen molar-refractivity contribution in [2.24, 2.45) is 0 Å². The lowest BCUT2D eigenvalue weighted by Crippen LogP contribution is -2.02. The van der Waals surface area contributed by atoms with Crippen molar-refractivity contribution in [2.45, 2.75) is 58.3 Å². The van der Waals surface area contributed by atoms with Gasteiger partial charge >= 0.3 is 5.97 Å². The summed E-state index contributed by atoms with van der Waals surface area (Å²) in [6.45, 7) is 4.47. The molecule has 0 aliphatic heterocycles. The van der Waals surface area contributed by atoms with Crippen molar-refractivity contribution in [1.82, 2.24) is 0 Å². The average Bonchev–Trinajstić information content (AvgIpc) is 2.47. The van der Waals surface area contributed by atoms with E-state index in [0.717, 1.165) is 6.42 Å². The minimum atomic E-state index is -0.262. The van der Waals surface area contributed by atoms with E-state index in [2.05, 4.69) is 26.0 Å². The predicted molar refractivity (Wildman–Crippen MR) is 79.6 cm³/mol. The number of carbonyl (C=O) groups is 1. The zero-order valence-electron chi connectivity index (χ0n) is 12.4. The second-order valence-electron chi connectivity index (χ2n) is 5.07. The highest BCUT2D eigenvalue weighted by Gasteiger charge is 2.10. The van der Waals surface area contributed by atoms with E-state index in [1.165, 1.54) is 44.8 Å². The molecule has 0 aromatic heterocycles. The Morgan fingerprint density at radius 2 is 1.79 bits per heavy atom. The van der Waals surface area contributed by atoms with Crippen LogP contribution in [-0.2, 0) is 4.74 Å². The number of ether oxygens (including phenoxy) is 1. The fourth-order valence-electron chi connectivity index (χ4n) is 2.43. The topological polar surface area (TPSA) is 26.3 Å². The molecular formula is C17H26O2. The minimum Gasteiger partial charge on any atom is -0.465 e. The fraction of sp³-hybridized carbons (Fsp3) is 0.588. The summed E-state index contributed by atoms with van der Waals surface area (Å²) in [6, 6.07) is 7.88. The van der Waals surface area contributed by atoms with Crippen LogP contribution in [0.5, 0.6) is 0 Å². The molecule has 0 amide bonds. The third kappa shape index (κ3) is 5.06. The first-order chi connectivity index (χ1) is 9.22. The lowest BCUT2D eigenvalue weighted by atomic mass is 9.90. The quantitative estimate of drug-likeness (QED) is 0.490. The molecule has 2 nitrogen and oxygen atoms in total. The van der Waals surface area contributed by atoms with Crippen molar-refractivity contribution in [1.29, 1.82) is 0 Å². The van der Waals surface area contributed by atoms with E-state index in [1.807, 2.05) is 12.1 Å². The predicted octanol–water partition coefficient (Wildman–Crippen LogP) is 4.94. The van der Waals surface area contributed by atoms with Gasteiger partial charge in [0.2, 0.25) is 0 Å². The number of hydrogen-bond acceptors (Lipinski definition) is 2. The molecule has 106 valence electrons. The standard InChI is InChI=1S/C17H26O2/c1-4-6-7-8-9-14(5-2)15-10-12-16(13-11-15)17(18)19-3/h10-14H,4-9H2,1-3H3. The third-order valence-corrected chi connectivity index (χ3v) is 3.70. The van der Waals surface area contributed by atoms with Crippen molar-refractivity contribution in [3.8, 4) is 0 Å². The van der Waals surface area contributed by atoms with Gasteiger partial charge in [-0.2, -0.15) is 0 Å². The molecule has 2 heteroatoms. The minimum absolute atomic E-state index is 0.262. The summed E-state index contributed by atoms with van der Waals surface area (Å²) < 4.78 is 4.72. The molecule has 0 N–H and O–H groups in total. The van der Waals surface area contributed by atoms with Crippen LogP contribution >= 0.6 is 0 Å². The number of rotatable bonds is 8. The van der Waals surface area contributed by atoms with Crippen molar-refractivity contribution in [3.63, 3.8) is 0 Å². The smallest absolute Gasteiger partial charge is 0.337 e. The molecule has 1 aromatic rings. The second kappa shape index (κ2) is 8.73. The fourth-order valence-corrected chi connectivity index (χ4v) is 2.43. The number of methoxy groups -OCH3 is 1. The highest BCUT2D eigenvalue weighted by molar-refractivity contribution is 5.89. The van der Waals surface area contributed by atoms with Crippen LogP contribution in [0.4, 0.5) is 0 Å². The molecule has 0 aliphatic rings. The Morgan fingerprint density at radius 1 is 1.11 bits per heavy atom. The summed E-state index contributed by atoms with van der Waals surface area (Å²) >= 11 is 0. The van der Waals surface area contributed by atoms with E-state index in [1.54, 1.807) is 0 Å².